The van der Waals surface area contributed by atoms with Crippen molar-refractivity contribution in [3.8, 4) is 0 Å². The first kappa shape index (κ1) is 14.3. The molecule has 102 valence electrons. The first-order valence-electron chi connectivity index (χ1n) is 6.01. The van der Waals surface area contributed by atoms with Crippen LogP contribution in [0.4, 0.5) is 4.39 Å². The molecule has 0 saturated carbocycles. The maximum absolute atomic E-state index is 13.4. The summed E-state index contributed by atoms with van der Waals surface area (Å²) in [6.07, 6.45) is 1.33. The van der Waals surface area contributed by atoms with Crippen LogP contribution < -0.4 is 0 Å². The van der Waals surface area contributed by atoms with Crippen LogP contribution >= 0.6 is 11.6 Å². The molecule has 0 aliphatic rings. The fourth-order valence-electron chi connectivity index (χ4n) is 1.76. The Morgan fingerprint density at radius 1 is 1.05 bits per heavy atom. The summed E-state index contributed by atoms with van der Waals surface area (Å²) in [5, 5.41) is 0.246. The molecule has 20 heavy (non-hydrogen) atoms. The number of rotatable bonds is 5. The lowest BCUT2D eigenvalue weighted by atomic mass is 10.0. The monoisotopic (exact) mass is 291 g/mol. The van der Waals surface area contributed by atoms with E-state index in [0.717, 1.165) is 0 Å². The van der Waals surface area contributed by atoms with Crippen LogP contribution in [-0.2, 0) is 0 Å². The number of benzene rings is 1. The number of ketones is 2. The molecule has 1 aromatic heterocycles. The smallest absolute Gasteiger partial charge is 0.183 e. The SMILES string of the molecule is O=C(CCC(=O)c1ncccc1Cl)c1ccccc1F. The minimum atomic E-state index is -0.583. The molecule has 0 radical (unpaired) electrons. The van der Waals surface area contributed by atoms with Crippen LogP contribution in [-0.4, -0.2) is 16.6 Å². The Bertz CT molecular complexity index is 600. The van der Waals surface area contributed by atoms with E-state index in [1.165, 1.54) is 24.4 Å². The molecular formula is C15H11ClFNO2. The van der Waals surface area contributed by atoms with Crippen LogP contribution in [0.2, 0.25) is 5.02 Å². The number of hydrogen-bond donors (Lipinski definition) is 0. The summed E-state index contributed by atoms with van der Waals surface area (Å²) in [7, 11) is 0. The van der Waals surface area contributed by atoms with Gasteiger partial charge in [0, 0.05) is 19.0 Å². The summed E-state index contributed by atoms with van der Waals surface area (Å²) in [4.78, 5) is 27.6. The van der Waals surface area contributed by atoms with Crippen molar-refractivity contribution in [2.24, 2.45) is 0 Å². The molecule has 3 nitrogen and oxygen atoms in total. The van der Waals surface area contributed by atoms with Crippen molar-refractivity contribution in [3.63, 3.8) is 0 Å². The molecule has 0 atom stereocenters. The second-order valence-electron chi connectivity index (χ2n) is 4.16. The molecule has 0 fully saturated rings. The predicted molar refractivity (Wildman–Crippen MR) is 73.5 cm³/mol. The van der Waals surface area contributed by atoms with Crippen LogP contribution in [0.3, 0.4) is 0 Å². The normalized spacial score (nSPS) is 10.3. The summed E-state index contributed by atoms with van der Waals surface area (Å²) in [5.41, 5.74) is 0.128. The summed E-state index contributed by atoms with van der Waals surface area (Å²) < 4.78 is 13.4. The predicted octanol–water partition coefficient (Wildman–Crippen LogP) is 3.72. The zero-order valence-electron chi connectivity index (χ0n) is 10.5. The molecule has 1 aromatic carbocycles. The van der Waals surface area contributed by atoms with Crippen molar-refractivity contribution in [1.82, 2.24) is 4.98 Å². The first-order valence-corrected chi connectivity index (χ1v) is 6.39. The van der Waals surface area contributed by atoms with Gasteiger partial charge in [-0.1, -0.05) is 23.7 Å². The van der Waals surface area contributed by atoms with Crippen LogP contribution in [0.1, 0.15) is 33.7 Å². The zero-order valence-corrected chi connectivity index (χ0v) is 11.2. The van der Waals surface area contributed by atoms with Crippen molar-refractivity contribution < 1.29 is 14.0 Å². The van der Waals surface area contributed by atoms with Gasteiger partial charge in [-0.15, -0.1) is 0 Å². The Kier molecular flexibility index (Phi) is 4.58. The second-order valence-corrected chi connectivity index (χ2v) is 4.57. The van der Waals surface area contributed by atoms with Crippen LogP contribution in [0, 0.1) is 5.82 Å². The highest BCUT2D eigenvalue weighted by molar-refractivity contribution is 6.33. The third-order valence-corrected chi connectivity index (χ3v) is 3.08. The number of pyridine rings is 1. The van der Waals surface area contributed by atoms with Crippen LogP contribution in [0.5, 0.6) is 0 Å². The Morgan fingerprint density at radius 2 is 1.75 bits per heavy atom. The van der Waals surface area contributed by atoms with Gasteiger partial charge in [-0.05, 0) is 24.3 Å². The van der Waals surface area contributed by atoms with Gasteiger partial charge < -0.3 is 0 Å². The molecule has 0 amide bonds. The zero-order chi connectivity index (χ0) is 14.5. The average Bonchev–Trinajstić information content (AvgIpc) is 2.45. The summed E-state index contributed by atoms with van der Waals surface area (Å²) in [5.74, 6) is -1.33. The summed E-state index contributed by atoms with van der Waals surface area (Å²) in [6, 6.07) is 8.86. The van der Waals surface area contributed by atoms with E-state index in [2.05, 4.69) is 4.98 Å². The molecule has 0 N–H and O–H groups in total. The van der Waals surface area contributed by atoms with Gasteiger partial charge >= 0.3 is 0 Å². The molecule has 0 spiro atoms. The van der Waals surface area contributed by atoms with Crippen LogP contribution in [0.25, 0.3) is 0 Å². The molecule has 2 rings (SSSR count). The van der Waals surface area contributed by atoms with E-state index in [0.29, 0.717) is 0 Å². The van der Waals surface area contributed by atoms with Crippen molar-refractivity contribution in [2.75, 3.05) is 0 Å². The van der Waals surface area contributed by atoms with Crippen molar-refractivity contribution in [2.45, 2.75) is 12.8 Å². The molecule has 0 saturated heterocycles. The number of carbonyl (C=O) groups excluding carboxylic acids is 2. The second kappa shape index (κ2) is 6.39. The van der Waals surface area contributed by atoms with Gasteiger partial charge in [0.1, 0.15) is 11.5 Å². The lowest BCUT2D eigenvalue weighted by Gasteiger charge is -2.03. The van der Waals surface area contributed by atoms with Gasteiger partial charge in [0.25, 0.3) is 0 Å². The fourth-order valence-corrected chi connectivity index (χ4v) is 1.99. The van der Waals surface area contributed by atoms with Crippen molar-refractivity contribution in [3.05, 3.63) is 64.7 Å². The number of hydrogen-bond acceptors (Lipinski definition) is 3. The topological polar surface area (TPSA) is 47.0 Å². The van der Waals surface area contributed by atoms with E-state index in [4.69, 9.17) is 11.6 Å². The van der Waals surface area contributed by atoms with Gasteiger partial charge in [0.15, 0.2) is 11.6 Å². The largest absolute Gasteiger partial charge is 0.294 e. The summed E-state index contributed by atoms with van der Waals surface area (Å²) in [6.45, 7) is 0. The molecule has 0 bridgehead atoms. The minimum Gasteiger partial charge on any atom is -0.294 e. The number of carbonyl (C=O) groups is 2. The van der Waals surface area contributed by atoms with Crippen molar-refractivity contribution >= 4 is 23.2 Å². The van der Waals surface area contributed by atoms with Gasteiger partial charge in [-0.2, -0.15) is 0 Å². The lowest BCUT2D eigenvalue weighted by Crippen LogP contribution is -2.08. The minimum absolute atomic E-state index is 0.00702. The highest BCUT2D eigenvalue weighted by Gasteiger charge is 2.16. The van der Waals surface area contributed by atoms with E-state index >= 15 is 0 Å². The van der Waals surface area contributed by atoms with E-state index in [1.807, 2.05) is 0 Å². The van der Waals surface area contributed by atoms with Gasteiger partial charge in [0.05, 0.1) is 10.6 Å². The maximum atomic E-state index is 13.4. The molecule has 1 heterocycles. The van der Waals surface area contributed by atoms with Gasteiger partial charge in [-0.3, -0.25) is 14.6 Å². The van der Waals surface area contributed by atoms with E-state index in [1.54, 1.807) is 18.2 Å². The maximum Gasteiger partial charge on any atom is 0.183 e. The molecule has 0 aliphatic carbocycles. The van der Waals surface area contributed by atoms with Gasteiger partial charge in [-0.25, -0.2) is 4.39 Å². The Balaban J connectivity index is 2.03. The Morgan fingerprint density at radius 3 is 2.45 bits per heavy atom. The molecule has 0 aliphatic heterocycles. The fraction of sp³-hybridized carbons (Fsp3) is 0.133. The third-order valence-electron chi connectivity index (χ3n) is 2.78. The van der Waals surface area contributed by atoms with E-state index in [9.17, 15) is 14.0 Å². The van der Waals surface area contributed by atoms with E-state index < -0.39 is 11.6 Å². The Labute approximate surface area is 120 Å². The molecule has 5 heteroatoms. The molecule has 0 unspecified atom stereocenters. The van der Waals surface area contributed by atoms with Crippen LogP contribution in [0.15, 0.2) is 42.6 Å². The lowest BCUT2D eigenvalue weighted by molar-refractivity contribution is 0.0913. The highest BCUT2D eigenvalue weighted by atomic mass is 35.5. The number of nitrogens with zero attached hydrogens (tertiary/aromatic N) is 1. The number of aromatic nitrogens is 1. The quantitative estimate of drug-likeness (QED) is 0.789. The average molecular weight is 292 g/mol. The van der Waals surface area contributed by atoms with E-state index in [-0.39, 0.29) is 34.9 Å². The molecule has 2 aromatic rings. The first-order chi connectivity index (χ1) is 9.59. The third kappa shape index (κ3) is 3.27. The summed E-state index contributed by atoms with van der Waals surface area (Å²) >= 11 is 5.85. The van der Waals surface area contributed by atoms with Gasteiger partial charge in [0.2, 0.25) is 0 Å². The number of Topliss-reactive ketones (excluding diaryl/α,β-unsaturated/α-hetero) is 2. The standard InChI is InChI=1S/C15H11ClFNO2/c16-11-5-3-9-18-15(11)14(20)8-7-13(19)10-4-1-2-6-12(10)17/h1-6,9H,7-8H2. The highest BCUT2D eigenvalue weighted by Crippen LogP contribution is 2.16. The number of halogens is 2. The molecular weight excluding hydrogens is 281 g/mol. The Hall–Kier alpha value is -2.07. The van der Waals surface area contributed by atoms with Crippen molar-refractivity contribution in [1.29, 1.82) is 0 Å².